The molecule has 0 aliphatic heterocycles. The predicted molar refractivity (Wildman–Crippen MR) is 60.9 cm³/mol. The topological polar surface area (TPSA) is 60.2 Å². The van der Waals surface area contributed by atoms with Crippen molar-refractivity contribution < 1.29 is 12.9 Å². The minimum absolute atomic E-state index is 0.0606. The number of rotatable bonds is 2. The van der Waals surface area contributed by atoms with Crippen molar-refractivity contribution in [2.75, 3.05) is 0 Å². The Kier molecular flexibility index (Phi) is 2.78. The zero-order valence-electron chi connectivity index (χ0n) is 9.29. The highest BCUT2D eigenvalue weighted by Crippen LogP contribution is 2.38. The maximum absolute atomic E-state index is 11.0. The van der Waals surface area contributed by atoms with E-state index in [1.807, 2.05) is 0 Å². The number of halogens is 1. The minimum atomic E-state index is -3.57. The molecule has 1 aromatic rings. The summed E-state index contributed by atoms with van der Waals surface area (Å²) < 4.78 is 27.3. The number of aromatic nitrogens is 1. The van der Waals surface area contributed by atoms with Crippen LogP contribution in [0.3, 0.4) is 0 Å². The Bertz CT molecular complexity index is 504. The van der Waals surface area contributed by atoms with Gasteiger partial charge in [-0.3, -0.25) is 0 Å². The Hall–Kier alpha value is -0.550. The quantitative estimate of drug-likeness (QED) is 0.769. The molecule has 4 nitrogen and oxygen atoms in total. The van der Waals surface area contributed by atoms with Gasteiger partial charge in [-0.1, -0.05) is 19.0 Å². The maximum Gasteiger partial charge on any atom is 0.238 e. The first-order valence-electron chi connectivity index (χ1n) is 5.20. The highest BCUT2D eigenvalue weighted by molar-refractivity contribution is 8.13. The van der Waals surface area contributed by atoms with Crippen molar-refractivity contribution in [2.45, 2.75) is 44.3 Å². The summed E-state index contributed by atoms with van der Waals surface area (Å²) in [6.07, 6.45) is 2.88. The van der Waals surface area contributed by atoms with E-state index in [0.29, 0.717) is 5.69 Å². The minimum Gasteiger partial charge on any atom is -0.360 e. The van der Waals surface area contributed by atoms with Crippen LogP contribution in [0.2, 0.25) is 0 Å². The summed E-state index contributed by atoms with van der Waals surface area (Å²) in [4.78, 5) is 0. The molecule has 0 saturated heterocycles. The lowest BCUT2D eigenvalue weighted by Crippen LogP contribution is -2.22. The lowest BCUT2D eigenvalue weighted by molar-refractivity contribution is 0.286. The van der Waals surface area contributed by atoms with Crippen LogP contribution in [-0.4, -0.2) is 13.6 Å². The molecule has 1 aromatic heterocycles. The second-order valence-electron chi connectivity index (χ2n) is 4.86. The van der Waals surface area contributed by atoms with Gasteiger partial charge in [0.2, 0.25) is 9.05 Å². The number of fused-ring (bicyclic) bond motifs is 1. The van der Waals surface area contributed by atoms with Crippen LogP contribution in [0.25, 0.3) is 0 Å². The van der Waals surface area contributed by atoms with Crippen LogP contribution in [-0.2, 0) is 26.6 Å². The van der Waals surface area contributed by atoms with Gasteiger partial charge >= 0.3 is 0 Å². The Balaban J connectivity index is 2.42. The first kappa shape index (κ1) is 11.9. The van der Waals surface area contributed by atoms with E-state index in [0.717, 1.165) is 30.6 Å². The molecule has 0 amide bonds. The van der Waals surface area contributed by atoms with E-state index >= 15 is 0 Å². The lowest BCUT2D eigenvalue weighted by Gasteiger charge is -2.26. The van der Waals surface area contributed by atoms with Crippen molar-refractivity contribution in [1.29, 1.82) is 0 Å². The van der Waals surface area contributed by atoms with Gasteiger partial charge in [0.15, 0.2) is 0 Å². The molecule has 1 aliphatic rings. The molecule has 0 saturated carbocycles. The summed E-state index contributed by atoms with van der Waals surface area (Å²) in [5, 5.41) is 3.84. The van der Waals surface area contributed by atoms with E-state index in [-0.39, 0.29) is 11.2 Å². The molecule has 0 fully saturated rings. The molecule has 0 radical (unpaired) electrons. The van der Waals surface area contributed by atoms with E-state index in [1.165, 1.54) is 0 Å². The van der Waals surface area contributed by atoms with Crippen molar-refractivity contribution in [3.8, 4) is 0 Å². The molecule has 90 valence electrons. The summed E-state index contributed by atoms with van der Waals surface area (Å²) in [7, 11) is 1.66. The van der Waals surface area contributed by atoms with E-state index < -0.39 is 9.05 Å². The molecule has 16 heavy (non-hydrogen) atoms. The number of hydrogen-bond donors (Lipinski definition) is 0. The average Bonchev–Trinajstić information content (AvgIpc) is 2.46. The Morgan fingerprint density at radius 1 is 1.50 bits per heavy atom. The third-order valence-corrected chi connectivity index (χ3v) is 3.97. The summed E-state index contributed by atoms with van der Waals surface area (Å²) in [5.74, 6) is 0.567. The Morgan fingerprint density at radius 3 is 2.81 bits per heavy atom. The molecular weight excluding hydrogens is 250 g/mol. The first-order valence-corrected chi connectivity index (χ1v) is 7.68. The fraction of sp³-hybridized carbons (Fsp3) is 0.700. The van der Waals surface area contributed by atoms with E-state index in [2.05, 4.69) is 19.0 Å². The van der Waals surface area contributed by atoms with Gasteiger partial charge in [-0.05, 0) is 19.3 Å². The fourth-order valence-corrected chi connectivity index (χ4v) is 3.09. The van der Waals surface area contributed by atoms with Crippen molar-refractivity contribution in [1.82, 2.24) is 5.16 Å². The van der Waals surface area contributed by atoms with E-state index in [1.54, 1.807) is 0 Å². The lowest BCUT2D eigenvalue weighted by atomic mass is 9.77. The number of hydrogen-bond acceptors (Lipinski definition) is 4. The molecule has 6 heteroatoms. The SMILES string of the molecule is CC1(C)CCCc2c(CS(=O)(=O)Cl)noc21. The average molecular weight is 264 g/mol. The van der Waals surface area contributed by atoms with Gasteiger partial charge in [0, 0.05) is 21.7 Å². The molecule has 0 bridgehead atoms. The summed E-state index contributed by atoms with van der Waals surface area (Å²) in [6.45, 7) is 4.16. The van der Waals surface area contributed by atoms with Crippen molar-refractivity contribution in [3.63, 3.8) is 0 Å². The van der Waals surface area contributed by atoms with E-state index in [4.69, 9.17) is 15.2 Å². The molecule has 0 spiro atoms. The van der Waals surface area contributed by atoms with Crippen LogP contribution in [0.15, 0.2) is 4.52 Å². The van der Waals surface area contributed by atoms with Gasteiger partial charge in [-0.15, -0.1) is 0 Å². The molecule has 0 aromatic carbocycles. The van der Waals surface area contributed by atoms with Crippen LogP contribution < -0.4 is 0 Å². The van der Waals surface area contributed by atoms with Gasteiger partial charge in [0.1, 0.15) is 17.2 Å². The normalized spacial score (nSPS) is 19.4. The second kappa shape index (κ2) is 3.74. The highest BCUT2D eigenvalue weighted by atomic mass is 35.7. The highest BCUT2D eigenvalue weighted by Gasteiger charge is 2.34. The van der Waals surface area contributed by atoms with Crippen LogP contribution >= 0.6 is 10.7 Å². The number of nitrogens with zero attached hydrogens (tertiary/aromatic N) is 1. The van der Waals surface area contributed by atoms with Gasteiger partial charge in [-0.2, -0.15) is 0 Å². The molecule has 0 N–H and O–H groups in total. The van der Waals surface area contributed by atoms with Crippen molar-refractivity contribution >= 4 is 19.7 Å². The van der Waals surface area contributed by atoms with Gasteiger partial charge in [0.25, 0.3) is 0 Å². The molecule has 1 aliphatic carbocycles. The van der Waals surface area contributed by atoms with Crippen LogP contribution in [0.1, 0.15) is 43.7 Å². The van der Waals surface area contributed by atoms with Crippen molar-refractivity contribution in [3.05, 3.63) is 17.0 Å². The summed E-state index contributed by atoms with van der Waals surface area (Å²) in [6, 6.07) is 0. The van der Waals surface area contributed by atoms with Gasteiger partial charge in [-0.25, -0.2) is 8.42 Å². The summed E-state index contributed by atoms with van der Waals surface area (Å²) >= 11 is 0. The van der Waals surface area contributed by atoms with E-state index in [9.17, 15) is 8.42 Å². The first-order chi connectivity index (χ1) is 7.30. The van der Waals surface area contributed by atoms with Gasteiger partial charge in [0.05, 0.1) is 0 Å². The zero-order chi connectivity index (χ0) is 12.0. The summed E-state index contributed by atoms with van der Waals surface area (Å²) in [5.41, 5.74) is 1.34. The molecule has 2 rings (SSSR count). The monoisotopic (exact) mass is 263 g/mol. The van der Waals surface area contributed by atoms with Crippen LogP contribution in [0, 0.1) is 0 Å². The Morgan fingerprint density at radius 2 is 2.19 bits per heavy atom. The zero-order valence-corrected chi connectivity index (χ0v) is 10.9. The smallest absolute Gasteiger partial charge is 0.238 e. The Labute approximate surface area is 99.4 Å². The third kappa shape index (κ3) is 2.25. The van der Waals surface area contributed by atoms with Crippen LogP contribution in [0.4, 0.5) is 0 Å². The van der Waals surface area contributed by atoms with Gasteiger partial charge < -0.3 is 4.52 Å². The molecule has 1 heterocycles. The predicted octanol–water partition coefficient (Wildman–Crippen LogP) is 2.36. The molecular formula is C10H14ClNO3S. The third-order valence-electron chi connectivity index (χ3n) is 3.02. The van der Waals surface area contributed by atoms with Crippen LogP contribution in [0.5, 0.6) is 0 Å². The molecule has 0 unspecified atom stereocenters. The fourth-order valence-electron chi connectivity index (χ4n) is 2.23. The maximum atomic E-state index is 11.0. The molecule has 0 atom stereocenters. The second-order valence-corrected chi connectivity index (χ2v) is 7.63. The van der Waals surface area contributed by atoms with Crippen molar-refractivity contribution in [2.24, 2.45) is 0 Å². The largest absolute Gasteiger partial charge is 0.360 e. The standard InChI is InChI=1S/C10H14ClNO3S/c1-10(2)5-3-4-7-8(6-16(11,13)14)12-15-9(7)10/h3-6H2,1-2H3.